The minimum absolute atomic E-state index is 0.365. The van der Waals surface area contributed by atoms with Gasteiger partial charge in [0.05, 0.1) is 5.52 Å². The maximum atomic E-state index is 10.9. The van der Waals surface area contributed by atoms with E-state index in [9.17, 15) is 4.91 Å². The summed E-state index contributed by atoms with van der Waals surface area (Å²) in [5.41, 5.74) is 3.12. The lowest BCUT2D eigenvalue weighted by Gasteiger charge is -2.07. The minimum Gasteiger partial charge on any atom is -0.324 e. The molecule has 100 valence electrons. The standard InChI is InChI=1S/C15H12BrN3O/c1-10-17-15-13(18-20)7-12(16)8-14(15)19(10)9-11-5-3-2-4-6-11/h2-8H,9H2,1H3. The lowest BCUT2D eigenvalue weighted by Crippen LogP contribution is -2.01. The van der Waals surface area contributed by atoms with Crippen molar-refractivity contribution in [3.63, 3.8) is 0 Å². The van der Waals surface area contributed by atoms with Crippen molar-refractivity contribution in [1.82, 2.24) is 9.55 Å². The molecule has 0 bridgehead atoms. The Morgan fingerprint density at radius 3 is 2.70 bits per heavy atom. The van der Waals surface area contributed by atoms with Gasteiger partial charge in [-0.05, 0) is 29.8 Å². The first-order chi connectivity index (χ1) is 9.69. The van der Waals surface area contributed by atoms with Crippen LogP contribution in [0.3, 0.4) is 0 Å². The molecule has 0 unspecified atom stereocenters. The highest BCUT2D eigenvalue weighted by Gasteiger charge is 2.13. The summed E-state index contributed by atoms with van der Waals surface area (Å²) in [6, 6.07) is 13.8. The van der Waals surface area contributed by atoms with E-state index in [-0.39, 0.29) is 0 Å². The summed E-state index contributed by atoms with van der Waals surface area (Å²) in [5, 5.41) is 3.07. The van der Waals surface area contributed by atoms with Gasteiger partial charge in [0, 0.05) is 11.0 Å². The molecule has 0 saturated heterocycles. The van der Waals surface area contributed by atoms with Gasteiger partial charge in [0.25, 0.3) is 0 Å². The van der Waals surface area contributed by atoms with Crippen LogP contribution in [0, 0.1) is 11.8 Å². The number of benzene rings is 2. The smallest absolute Gasteiger partial charge is 0.136 e. The average Bonchev–Trinajstić information content (AvgIpc) is 2.76. The van der Waals surface area contributed by atoms with Crippen LogP contribution < -0.4 is 0 Å². The molecule has 0 aliphatic rings. The second-order valence-corrected chi connectivity index (χ2v) is 5.53. The first-order valence-electron chi connectivity index (χ1n) is 6.22. The molecule has 0 aliphatic heterocycles. The Morgan fingerprint density at radius 2 is 2.00 bits per heavy atom. The molecule has 0 fully saturated rings. The molecule has 4 nitrogen and oxygen atoms in total. The Labute approximate surface area is 124 Å². The lowest BCUT2D eigenvalue weighted by atomic mass is 10.2. The number of aromatic nitrogens is 2. The van der Waals surface area contributed by atoms with E-state index in [1.165, 1.54) is 5.56 Å². The van der Waals surface area contributed by atoms with E-state index in [2.05, 4.69) is 42.8 Å². The van der Waals surface area contributed by atoms with Crippen LogP contribution >= 0.6 is 15.9 Å². The average molecular weight is 330 g/mol. The Hall–Kier alpha value is -2.01. The summed E-state index contributed by atoms with van der Waals surface area (Å²) >= 11 is 3.41. The van der Waals surface area contributed by atoms with Crippen molar-refractivity contribution >= 4 is 32.7 Å². The number of aryl methyl sites for hydroxylation is 1. The highest BCUT2D eigenvalue weighted by Crippen LogP contribution is 2.30. The third-order valence-corrected chi connectivity index (χ3v) is 3.73. The van der Waals surface area contributed by atoms with Gasteiger partial charge in [-0.2, -0.15) is 0 Å². The molecule has 3 aromatic rings. The molecule has 0 radical (unpaired) electrons. The molecule has 1 aromatic heterocycles. The maximum Gasteiger partial charge on any atom is 0.136 e. The Kier molecular flexibility index (Phi) is 3.36. The molecule has 1 heterocycles. The molecular formula is C15H12BrN3O. The van der Waals surface area contributed by atoms with Gasteiger partial charge in [-0.15, -0.1) is 4.91 Å². The number of nitrogens with zero attached hydrogens (tertiary/aromatic N) is 3. The molecule has 0 atom stereocenters. The van der Waals surface area contributed by atoms with Crippen LogP contribution in [0.1, 0.15) is 11.4 Å². The van der Waals surface area contributed by atoms with Gasteiger partial charge in [-0.25, -0.2) is 4.98 Å². The maximum absolute atomic E-state index is 10.9. The highest BCUT2D eigenvalue weighted by atomic mass is 79.9. The summed E-state index contributed by atoms with van der Waals surface area (Å²) in [6.45, 7) is 2.66. The van der Waals surface area contributed by atoms with Crippen molar-refractivity contribution < 1.29 is 0 Å². The van der Waals surface area contributed by atoms with Crippen LogP contribution in [-0.2, 0) is 6.54 Å². The van der Waals surface area contributed by atoms with E-state index in [1.807, 2.05) is 31.2 Å². The summed E-state index contributed by atoms with van der Waals surface area (Å²) in [7, 11) is 0. The van der Waals surface area contributed by atoms with E-state index < -0.39 is 0 Å². The predicted molar refractivity (Wildman–Crippen MR) is 83.2 cm³/mol. The van der Waals surface area contributed by atoms with Gasteiger partial charge in [0.15, 0.2) is 0 Å². The first-order valence-corrected chi connectivity index (χ1v) is 7.02. The summed E-state index contributed by atoms with van der Waals surface area (Å²) < 4.78 is 2.92. The van der Waals surface area contributed by atoms with Gasteiger partial charge in [0.1, 0.15) is 17.0 Å². The van der Waals surface area contributed by atoms with Crippen molar-refractivity contribution in [1.29, 1.82) is 0 Å². The third kappa shape index (κ3) is 2.25. The zero-order valence-electron chi connectivity index (χ0n) is 10.9. The normalized spacial score (nSPS) is 10.9. The van der Waals surface area contributed by atoms with E-state index in [0.717, 1.165) is 22.4 Å². The van der Waals surface area contributed by atoms with E-state index in [0.29, 0.717) is 11.2 Å². The second kappa shape index (κ2) is 5.17. The highest BCUT2D eigenvalue weighted by molar-refractivity contribution is 9.10. The molecule has 5 heteroatoms. The molecule has 0 amide bonds. The third-order valence-electron chi connectivity index (χ3n) is 3.27. The van der Waals surface area contributed by atoms with Gasteiger partial charge in [-0.1, -0.05) is 46.3 Å². The Bertz CT molecular complexity index is 781. The zero-order chi connectivity index (χ0) is 14.1. The number of nitroso groups, excluding NO2 is 1. The number of imidazole rings is 1. The molecule has 0 saturated carbocycles. The van der Waals surface area contributed by atoms with E-state index in [4.69, 9.17) is 0 Å². The Balaban J connectivity index is 2.18. The zero-order valence-corrected chi connectivity index (χ0v) is 12.5. The number of rotatable bonds is 3. The topological polar surface area (TPSA) is 47.2 Å². The summed E-state index contributed by atoms with van der Waals surface area (Å²) in [4.78, 5) is 15.4. The molecule has 20 heavy (non-hydrogen) atoms. The van der Waals surface area contributed by atoms with Gasteiger partial charge >= 0.3 is 0 Å². The lowest BCUT2D eigenvalue weighted by molar-refractivity contribution is 0.786. The molecule has 0 N–H and O–H groups in total. The van der Waals surface area contributed by atoms with Gasteiger partial charge in [0.2, 0.25) is 0 Å². The summed E-state index contributed by atoms with van der Waals surface area (Å²) in [5.74, 6) is 0.867. The second-order valence-electron chi connectivity index (χ2n) is 4.61. The number of hydrogen-bond donors (Lipinski definition) is 0. The SMILES string of the molecule is Cc1nc2c(N=O)cc(Br)cc2n1Cc1ccccc1. The molecular weight excluding hydrogens is 318 g/mol. The quantitative estimate of drug-likeness (QED) is 0.661. The van der Waals surface area contributed by atoms with Gasteiger partial charge in [-0.3, -0.25) is 0 Å². The molecule has 3 rings (SSSR count). The predicted octanol–water partition coefficient (Wildman–Crippen LogP) is 4.55. The van der Waals surface area contributed by atoms with Crippen LogP contribution in [0.2, 0.25) is 0 Å². The van der Waals surface area contributed by atoms with Crippen LogP contribution in [0.4, 0.5) is 5.69 Å². The van der Waals surface area contributed by atoms with Crippen molar-refractivity contribution in [3.8, 4) is 0 Å². The minimum atomic E-state index is 0.365. The van der Waals surface area contributed by atoms with Crippen molar-refractivity contribution in [3.05, 3.63) is 63.2 Å². The Morgan fingerprint density at radius 1 is 1.25 bits per heavy atom. The van der Waals surface area contributed by atoms with Gasteiger partial charge < -0.3 is 4.57 Å². The molecule has 0 aliphatic carbocycles. The number of fused-ring (bicyclic) bond motifs is 1. The monoisotopic (exact) mass is 329 g/mol. The van der Waals surface area contributed by atoms with Crippen molar-refractivity contribution in [2.75, 3.05) is 0 Å². The van der Waals surface area contributed by atoms with Crippen LogP contribution in [0.5, 0.6) is 0 Å². The first kappa shape index (κ1) is 13.0. The van der Waals surface area contributed by atoms with E-state index in [1.54, 1.807) is 6.07 Å². The fourth-order valence-electron chi connectivity index (χ4n) is 2.32. The van der Waals surface area contributed by atoms with Crippen molar-refractivity contribution in [2.45, 2.75) is 13.5 Å². The van der Waals surface area contributed by atoms with Crippen LogP contribution in [0.25, 0.3) is 11.0 Å². The molecule has 2 aromatic carbocycles. The number of halogens is 1. The van der Waals surface area contributed by atoms with Crippen LogP contribution in [-0.4, -0.2) is 9.55 Å². The van der Waals surface area contributed by atoms with E-state index >= 15 is 0 Å². The molecule has 0 spiro atoms. The van der Waals surface area contributed by atoms with Crippen molar-refractivity contribution in [2.24, 2.45) is 5.18 Å². The summed E-state index contributed by atoms with van der Waals surface area (Å²) in [6.07, 6.45) is 0. The number of hydrogen-bond acceptors (Lipinski definition) is 3. The largest absolute Gasteiger partial charge is 0.324 e. The fraction of sp³-hybridized carbons (Fsp3) is 0.133. The fourth-order valence-corrected chi connectivity index (χ4v) is 2.76. The van der Waals surface area contributed by atoms with Crippen LogP contribution in [0.15, 0.2) is 52.1 Å².